The largest absolute Gasteiger partial charge is 0.303 e. The van der Waals surface area contributed by atoms with Crippen LogP contribution < -0.4 is 0 Å². The lowest BCUT2D eigenvalue weighted by Crippen LogP contribution is -2.51. The zero-order chi connectivity index (χ0) is 17.1. The van der Waals surface area contributed by atoms with Crippen LogP contribution in [-0.4, -0.2) is 12.1 Å². The van der Waals surface area contributed by atoms with Crippen molar-refractivity contribution in [1.82, 2.24) is 0 Å². The van der Waals surface area contributed by atoms with Crippen molar-refractivity contribution in [3.63, 3.8) is 0 Å². The molecule has 2 nitrogen and oxygen atoms in total. The minimum absolute atomic E-state index is 0.207. The second-order valence-corrected chi connectivity index (χ2v) is 9.69. The fourth-order valence-electron chi connectivity index (χ4n) is 7.56. The minimum Gasteiger partial charge on any atom is -0.303 e. The SMILES string of the molecule is C[C@H](C=O)C1CCC2C3CCC4=CC(=O)CC[C@]4(C)C3CCC21C. The number of carbonyl (C=O) groups is 2. The maximum absolute atomic E-state index is 11.9. The molecule has 132 valence electrons. The Hall–Kier alpha value is -0.920. The second kappa shape index (κ2) is 5.54. The molecular weight excluding hydrogens is 296 g/mol. The van der Waals surface area contributed by atoms with Gasteiger partial charge in [0.05, 0.1) is 0 Å². The van der Waals surface area contributed by atoms with Gasteiger partial charge in [0, 0.05) is 12.3 Å². The van der Waals surface area contributed by atoms with Gasteiger partial charge in [-0.3, -0.25) is 4.79 Å². The maximum Gasteiger partial charge on any atom is 0.155 e. The predicted molar refractivity (Wildman–Crippen MR) is 95.4 cm³/mol. The molecule has 24 heavy (non-hydrogen) atoms. The van der Waals surface area contributed by atoms with Crippen LogP contribution in [0.5, 0.6) is 0 Å². The van der Waals surface area contributed by atoms with Gasteiger partial charge in [-0.2, -0.15) is 0 Å². The number of aldehydes is 1. The summed E-state index contributed by atoms with van der Waals surface area (Å²) in [6, 6.07) is 0. The molecule has 5 unspecified atom stereocenters. The monoisotopic (exact) mass is 328 g/mol. The Morgan fingerprint density at radius 2 is 1.88 bits per heavy atom. The Bertz CT molecular complexity index is 591. The molecule has 0 aromatic rings. The molecule has 3 fully saturated rings. The van der Waals surface area contributed by atoms with Crippen LogP contribution in [0.1, 0.15) is 72.1 Å². The highest BCUT2D eigenvalue weighted by molar-refractivity contribution is 5.91. The van der Waals surface area contributed by atoms with Gasteiger partial charge >= 0.3 is 0 Å². The number of allylic oxidation sites excluding steroid dienone is 1. The molecule has 7 atom stereocenters. The van der Waals surface area contributed by atoms with E-state index in [0.717, 1.165) is 37.0 Å². The lowest BCUT2D eigenvalue weighted by molar-refractivity contribution is -0.118. The summed E-state index contributed by atoms with van der Waals surface area (Å²) >= 11 is 0. The summed E-state index contributed by atoms with van der Waals surface area (Å²) in [6.45, 7) is 7.07. The Morgan fingerprint density at radius 1 is 1.08 bits per heavy atom. The number of carbonyl (C=O) groups excluding carboxylic acids is 2. The van der Waals surface area contributed by atoms with Gasteiger partial charge in [-0.1, -0.05) is 26.3 Å². The first-order valence-electron chi connectivity index (χ1n) is 10.1. The molecule has 4 aliphatic rings. The van der Waals surface area contributed by atoms with E-state index in [1.54, 1.807) is 0 Å². The first kappa shape index (κ1) is 16.5. The molecule has 0 aromatic carbocycles. The van der Waals surface area contributed by atoms with Crippen LogP contribution in [-0.2, 0) is 9.59 Å². The number of ketones is 1. The van der Waals surface area contributed by atoms with Crippen LogP contribution in [0.4, 0.5) is 0 Å². The third-order valence-corrected chi connectivity index (χ3v) is 8.88. The van der Waals surface area contributed by atoms with Gasteiger partial charge in [0.25, 0.3) is 0 Å². The molecule has 0 saturated heterocycles. The zero-order valence-electron chi connectivity index (χ0n) is 15.5. The van der Waals surface area contributed by atoms with Crippen molar-refractivity contribution in [1.29, 1.82) is 0 Å². The van der Waals surface area contributed by atoms with Crippen molar-refractivity contribution in [3.8, 4) is 0 Å². The van der Waals surface area contributed by atoms with E-state index in [1.165, 1.54) is 44.0 Å². The molecule has 4 aliphatic carbocycles. The molecule has 3 saturated carbocycles. The Morgan fingerprint density at radius 3 is 2.62 bits per heavy atom. The number of hydrogen-bond donors (Lipinski definition) is 0. The lowest BCUT2D eigenvalue weighted by Gasteiger charge is -2.58. The smallest absolute Gasteiger partial charge is 0.155 e. The standard InChI is InChI=1S/C22H32O2/c1-14(13-23)18-6-7-19-17-5-4-15-12-16(24)8-10-21(15,2)20(17)9-11-22(18,19)3/h12-14,17-20H,4-11H2,1-3H3/t14-,17?,18?,19?,20?,21+,22?/m1/s1. The zero-order valence-corrected chi connectivity index (χ0v) is 15.5. The summed E-state index contributed by atoms with van der Waals surface area (Å²) < 4.78 is 0. The van der Waals surface area contributed by atoms with Crippen LogP contribution >= 0.6 is 0 Å². The molecule has 0 aliphatic heterocycles. The van der Waals surface area contributed by atoms with Gasteiger partial charge in [0.2, 0.25) is 0 Å². The van der Waals surface area contributed by atoms with Gasteiger partial charge in [-0.05, 0) is 85.5 Å². The molecule has 0 spiro atoms. The van der Waals surface area contributed by atoms with Crippen molar-refractivity contribution in [2.75, 3.05) is 0 Å². The fourth-order valence-corrected chi connectivity index (χ4v) is 7.56. The highest BCUT2D eigenvalue weighted by Gasteiger charge is 2.59. The topological polar surface area (TPSA) is 34.1 Å². The minimum atomic E-state index is 0.207. The first-order chi connectivity index (χ1) is 11.4. The summed E-state index contributed by atoms with van der Waals surface area (Å²) in [5.41, 5.74) is 2.09. The van der Waals surface area contributed by atoms with Gasteiger partial charge in [-0.15, -0.1) is 0 Å². The van der Waals surface area contributed by atoms with Gasteiger partial charge in [0.15, 0.2) is 5.78 Å². The molecule has 0 radical (unpaired) electrons. The van der Waals surface area contributed by atoms with Gasteiger partial charge in [0.1, 0.15) is 6.29 Å². The normalized spacial score (nSPS) is 48.8. The van der Waals surface area contributed by atoms with E-state index in [-0.39, 0.29) is 11.3 Å². The number of rotatable bonds is 2. The van der Waals surface area contributed by atoms with Crippen LogP contribution in [0.25, 0.3) is 0 Å². The Kier molecular flexibility index (Phi) is 3.82. The highest BCUT2D eigenvalue weighted by Crippen LogP contribution is 2.67. The number of fused-ring (bicyclic) bond motifs is 5. The summed E-state index contributed by atoms with van der Waals surface area (Å²) in [6.07, 6.45) is 12.5. The van der Waals surface area contributed by atoms with Crippen molar-refractivity contribution >= 4 is 12.1 Å². The van der Waals surface area contributed by atoms with E-state index < -0.39 is 0 Å². The van der Waals surface area contributed by atoms with E-state index in [1.807, 2.05) is 6.08 Å². The molecule has 2 heteroatoms. The van der Waals surface area contributed by atoms with Crippen molar-refractivity contribution in [3.05, 3.63) is 11.6 Å². The Balaban J connectivity index is 1.65. The van der Waals surface area contributed by atoms with E-state index in [4.69, 9.17) is 0 Å². The van der Waals surface area contributed by atoms with E-state index in [2.05, 4.69) is 20.8 Å². The summed E-state index contributed by atoms with van der Waals surface area (Å²) in [5.74, 6) is 3.50. The quantitative estimate of drug-likeness (QED) is 0.671. The molecule has 0 amide bonds. The van der Waals surface area contributed by atoms with Crippen LogP contribution in [0.15, 0.2) is 11.6 Å². The predicted octanol–water partition coefficient (Wildman–Crippen LogP) is 4.97. The maximum atomic E-state index is 11.9. The van der Waals surface area contributed by atoms with E-state index in [0.29, 0.717) is 17.1 Å². The second-order valence-electron chi connectivity index (χ2n) is 9.69. The fraction of sp³-hybridized carbons (Fsp3) is 0.818. The highest BCUT2D eigenvalue weighted by atomic mass is 16.1. The summed E-state index contributed by atoms with van der Waals surface area (Å²) in [5, 5.41) is 0. The summed E-state index contributed by atoms with van der Waals surface area (Å²) in [4.78, 5) is 23.3. The lowest BCUT2D eigenvalue weighted by atomic mass is 9.46. The molecule has 0 bridgehead atoms. The molecular formula is C22H32O2. The summed E-state index contributed by atoms with van der Waals surface area (Å²) in [7, 11) is 0. The molecule has 4 rings (SSSR count). The average Bonchev–Trinajstić information content (AvgIpc) is 2.92. The average molecular weight is 328 g/mol. The van der Waals surface area contributed by atoms with Gasteiger partial charge < -0.3 is 4.79 Å². The van der Waals surface area contributed by atoms with Crippen LogP contribution in [0.2, 0.25) is 0 Å². The van der Waals surface area contributed by atoms with E-state index >= 15 is 0 Å². The van der Waals surface area contributed by atoms with Gasteiger partial charge in [-0.25, -0.2) is 0 Å². The van der Waals surface area contributed by atoms with Crippen molar-refractivity contribution < 1.29 is 9.59 Å². The molecule has 0 aromatic heterocycles. The third kappa shape index (κ3) is 2.14. The molecule has 0 N–H and O–H groups in total. The van der Waals surface area contributed by atoms with E-state index in [9.17, 15) is 9.59 Å². The first-order valence-corrected chi connectivity index (χ1v) is 10.1. The van der Waals surface area contributed by atoms with Crippen LogP contribution in [0.3, 0.4) is 0 Å². The van der Waals surface area contributed by atoms with Crippen LogP contribution in [0, 0.1) is 40.4 Å². The Labute approximate surface area is 146 Å². The molecule has 0 heterocycles. The van der Waals surface area contributed by atoms with Crippen molar-refractivity contribution in [2.24, 2.45) is 40.4 Å². The third-order valence-electron chi connectivity index (χ3n) is 8.88. The van der Waals surface area contributed by atoms with Crippen molar-refractivity contribution in [2.45, 2.75) is 72.1 Å². The number of hydrogen-bond acceptors (Lipinski definition) is 2.